The highest BCUT2D eigenvalue weighted by Gasteiger charge is 2.49. The van der Waals surface area contributed by atoms with Crippen LogP contribution in [0.15, 0.2) is 0 Å². The van der Waals surface area contributed by atoms with Crippen LogP contribution in [-0.2, 0) is 23.7 Å². The summed E-state index contributed by atoms with van der Waals surface area (Å²) in [5, 5.41) is 69.2. The summed E-state index contributed by atoms with van der Waals surface area (Å²) in [4.78, 5) is 0. The molecule has 170 valence electrons. The monoisotopic (exact) mass is 426 g/mol. The third kappa shape index (κ3) is 5.23. The van der Waals surface area contributed by atoms with Gasteiger partial charge in [-0.05, 0) is 12.8 Å². The maximum Gasteiger partial charge on any atom is 0.187 e. The normalized spacial score (nSPS) is 49.1. The molecule has 7 N–H and O–H groups in total. The third-order valence-corrected chi connectivity index (χ3v) is 5.38. The Morgan fingerprint density at radius 3 is 2.17 bits per heavy atom. The molecule has 12 heteroatoms. The Labute approximate surface area is 167 Å². The van der Waals surface area contributed by atoms with Gasteiger partial charge in [-0.1, -0.05) is 0 Å². The molecule has 7 unspecified atom stereocenters. The van der Waals surface area contributed by atoms with Gasteiger partial charge in [-0.3, -0.25) is 0 Å². The zero-order valence-corrected chi connectivity index (χ0v) is 15.8. The van der Waals surface area contributed by atoms with Crippen LogP contribution >= 0.6 is 0 Å². The zero-order chi connectivity index (χ0) is 21.1. The van der Waals surface area contributed by atoms with Gasteiger partial charge in [0.15, 0.2) is 18.9 Å². The predicted molar refractivity (Wildman–Crippen MR) is 91.1 cm³/mol. The van der Waals surface area contributed by atoms with E-state index in [9.17, 15) is 35.7 Å². The van der Waals surface area contributed by atoms with E-state index in [4.69, 9.17) is 23.7 Å². The molecule has 0 aromatic heterocycles. The lowest BCUT2D eigenvalue weighted by Gasteiger charge is -2.46. The van der Waals surface area contributed by atoms with Crippen molar-refractivity contribution in [3.8, 4) is 0 Å². The number of rotatable bonds is 6. The van der Waals surface area contributed by atoms with Crippen LogP contribution in [0.25, 0.3) is 0 Å². The van der Waals surface area contributed by atoms with Crippen LogP contribution in [0, 0.1) is 0 Å². The molecule has 11 atom stereocenters. The molecule has 0 aromatic carbocycles. The molecule has 3 aliphatic rings. The van der Waals surface area contributed by atoms with E-state index in [0.717, 1.165) is 0 Å². The van der Waals surface area contributed by atoms with Crippen molar-refractivity contribution < 1.29 is 59.4 Å². The second-order valence-corrected chi connectivity index (χ2v) is 7.48. The van der Waals surface area contributed by atoms with Crippen LogP contribution < -0.4 is 0 Å². The predicted octanol–water partition coefficient (Wildman–Crippen LogP) is -3.85. The van der Waals surface area contributed by atoms with Crippen molar-refractivity contribution in [1.82, 2.24) is 0 Å². The molecular formula is C17H30O12. The van der Waals surface area contributed by atoms with Crippen molar-refractivity contribution in [2.24, 2.45) is 0 Å². The van der Waals surface area contributed by atoms with E-state index >= 15 is 0 Å². The van der Waals surface area contributed by atoms with Crippen LogP contribution in [0.3, 0.4) is 0 Å². The Morgan fingerprint density at radius 2 is 1.52 bits per heavy atom. The van der Waals surface area contributed by atoms with Crippen LogP contribution in [0.5, 0.6) is 0 Å². The van der Waals surface area contributed by atoms with Crippen molar-refractivity contribution in [2.45, 2.75) is 87.0 Å². The Bertz CT molecular complexity index is 509. The van der Waals surface area contributed by atoms with E-state index in [1.807, 2.05) is 0 Å². The molecule has 0 aromatic rings. The number of ether oxygens (including phenoxy) is 5. The van der Waals surface area contributed by atoms with Gasteiger partial charge in [-0.15, -0.1) is 0 Å². The highest BCUT2D eigenvalue weighted by Crippen LogP contribution is 2.31. The zero-order valence-electron chi connectivity index (χ0n) is 15.8. The quantitative estimate of drug-likeness (QED) is 0.219. The lowest BCUT2D eigenvalue weighted by Crippen LogP contribution is -2.63. The van der Waals surface area contributed by atoms with Gasteiger partial charge in [-0.2, -0.15) is 0 Å². The maximum absolute atomic E-state index is 10.5. The smallest absolute Gasteiger partial charge is 0.187 e. The van der Waals surface area contributed by atoms with Crippen molar-refractivity contribution >= 4 is 0 Å². The Hall–Kier alpha value is -0.480. The molecule has 0 radical (unpaired) electrons. The van der Waals surface area contributed by atoms with Crippen LogP contribution in [0.1, 0.15) is 19.3 Å². The van der Waals surface area contributed by atoms with Gasteiger partial charge in [0, 0.05) is 13.0 Å². The van der Waals surface area contributed by atoms with E-state index < -0.39 is 80.9 Å². The Balaban J connectivity index is 1.75. The number of aliphatic hydroxyl groups is 7. The first-order valence-electron chi connectivity index (χ1n) is 9.71. The molecule has 3 rings (SSSR count). The molecule has 0 aliphatic carbocycles. The van der Waals surface area contributed by atoms with E-state index in [1.165, 1.54) is 0 Å². The first-order chi connectivity index (χ1) is 13.8. The molecular weight excluding hydrogens is 396 g/mol. The average Bonchev–Trinajstić information content (AvgIpc) is 2.71. The third-order valence-electron chi connectivity index (χ3n) is 5.38. The lowest BCUT2D eigenvalue weighted by atomic mass is 9.98. The molecule has 3 fully saturated rings. The fraction of sp³-hybridized carbons (Fsp3) is 1.00. The first-order valence-corrected chi connectivity index (χ1v) is 9.71. The van der Waals surface area contributed by atoms with Gasteiger partial charge in [0.2, 0.25) is 0 Å². The number of hydrogen-bond acceptors (Lipinski definition) is 12. The minimum Gasteiger partial charge on any atom is -0.394 e. The highest BCUT2D eigenvalue weighted by molar-refractivity contribution is 4.92. The van der Waals surface area contributed by atoms with Gasteiger partial charge in [0.05, 0.1) is 19.3 Å². The summed E-state index contributed by atoms with van der Waals surface area (Å²) in [7, 11) is 0. The molecule has 3 saturated heterocycles. The summed E-state index contributed by atoms with van der Waals surface area (Å²) < 4.78 is 27.5. The van der Waals surface area contributed by atoms with E-state index in [0.29, 0.717) is 19.4 Å². The van der Waals surface area contributed by atoms with Gasteiger partial charge in [0.25, 0.3) is 0 Å². The fourth-order valence-corrected chi connectivity index (χ4v) is 3.67. The summed E-state index contributed by atoms with van der Waals surface area (Å²) in [5.74, 6) is 0. The van der Waals surface area contributed by atoms with Crippen molar-refractivity contribution in [2.75, 3.05) is 19.8 Å². The topological polar surface area (TPSA) is 188 Å². The van der Waals surface area contributed by atoms with Crippen molar-refractivity contribution in [3.05, 3.63) is 0 Å². The fourth-order valence-electron chi connectivity index (χ4n) is 3.67. The average molecular weight is 426 g/mol. The maximum atomic E-state index is 10.5. The molecule has 0 spiro atoms. The number of hydrogen-bond donors (Lipinski definition) is 7. The SMILES string of the molecule is OCC1OC(O)[C@H](O)CC1OC1O[C@H](CO)C(O)C(O)[C@H]1O[C@@H]1OCCCC1O. The highest BCUT2D eigenvalue weighted by atomic mass is 16.8. The van der Waals surface area contributed by atoms with Crippen molar-refractivity contribution in [1.29, 1.82) is 0 Å². The van der Waals surface area contributed by atoms with Gasteiger partial charge < -0.3 is 59.4 Å². The van der Waals surface area contributed by atoms with Gasteiger partial charge in [-0.25, -0.2) is 0 Å². The van der Waals surface area contributed by atoms with E-state index in [1.54, 1.807) is 0 Å². The first kappa shape index (κ1) is 23.2. The largest absolute Gasteiger partial charge is 0.394 e. The number of aliphatic hydroxyl groups excluding tert-OH is 7. The molecule has 0 amide bonds. The Kier molecular flexibility index (Phi) is 8.17. The minimum atomic E-state index is -1.55. The van der Waals surface area contributed by atoms with Gasteiger partial charge >= 0.3 is 0 Å². The van der Waals surface area contributed by atoms with Gasteiger partial charge in [0.1, 0.15) is 42.7 Å². The summed E-state index contributed by atoms with van der Waals surface area (Å²) in [6.07, 6.45) is -12.7. The summed E-state index contributed by atoms with van der Waals surface area (Å²) in [6, 6.07) is 0. The summed E-state index contributed by atoms with van der Waals surface area (Å²) in [6.45, 7) is -0.795. The molecule has 29 heavy (non-hydrogen) atoms. The molecule has 12 nitrogen and oxygen atoms in total. The van der Waals surface area contributed by atoms with Crippen LogP contribution in [-0.4, -0.2) is 123 Å². The van der Waals surface area contributed by atoms with Crippen molar-refractivity contribution in [3.63, 3.8) is 0 Å². The van der Waals surface area contributed by atoms with Crippen LogP contribution in [0.2, 0.25) is 0 Å². The summed E-state index contributed by atoms with van der Waals surface area (Å²) in [5.41, 5.74) is 0. The van der Waals surface area contributed by atoms with Crippen LogP contribution in [0.4, 0.5) is 0 Å². The second kappa shape index (κ2) is 10.2. The van der Waals surface area contributed by atoms with E-state index in [2.05, 4.69) is 0 Å². The Morgan fingerprint density at radius 1 is 0.793 bits per heavy atom. The molecule has 0 saturated carbocycles. The molecule has 3 heterocycles. The standard InChI is InChI=1S/C17H30O12/c18-5-10-9(4-8(21)15(24)26-10)27-17-14(13(23)12(22)11(6-19)28-17)29-16-7(20)2-1-3-25-16/h7-24H,1-6H2/t7?,8-,9?,10?,11-,12?,13?,14-,15?,16+,17?/m1/s1. The molecule has 0 bridgehead atoms. The second-order valence-electron chi connectivity index (χ2n) is 7.48. The minimum absolute atomic E-state index is 0.107. The lowest BCUT2D eigenvalue weighted by molar-refractivity contribution is -0.366. The summed E-state index contributed by atoms with van der Waals surface area (Å²) >= 11 is 0. The molecule has 3 aliphatic heterocycles. The van der Waals surface area contributed by atoms with E-state index in [-0.39, 0.29) is 6.42 Å².